The Kier molecular flexibility index (Phi) is 5.84. The monoisotopic (exact) mass is 406 g/mol. The first kappa shape index (κ1) is 22.2. The lowest BCUT2D eigenvalue weighted by Gasteiger charge is -2.65. The van der Waals surface area contributed by atoms with E-state index in [9.17, 15) is 24.9 Å². The van der Waals surface area contributed by atoms with Gasteiger partial charge < -0.3 is 29.3 Å². The number of carbonyl (C=O) groups excluding carboxylic acids is 2. The predicted octanol–water partition coefficient (Wildman–Crippen LogP) is 3.05. The van der Waals surface area contributed by atoms with E-state index in [0.717, 1.165) is 6.29 Å². The molecule has 0 aromatic carbocycles. The molecule has 6 nitrogen and oxygen atoms in total. The Morgan fingerprint density at radius 3 is 2.62 bits per heavy atom. The van der Waals surface area contributed by atoms with E-state index in [0.29, 0.717) is 31.2 Å². The number of aldehydes is 1. The smallest absolute Gasteiger partial charge is 0.130 e. The second-order valence-electron chi connectivity index (χ2n) is 9.88. The maximum atomic E-state index is 12.8. The molecular weight excluding hydrogens is 372 g/mol. The fourth-order valence-electron chi connectivity index (χ4n) is 6.45. The first-order chi connectivity index (χ1) is 13.5. The fraction of sp³-hybridized carbons (Fsp3) is 0.739. The van der Waals surface area contributed by atoms with Crippen LogP contribution < -0.4 is 0 Å². The lowest BCUT2D eigenvalue weighted by molar-refractivity contribution is -0.245. The van der Waals surface area contributed by atoms with Crippen LogP contribution in [0.25, 0.3) is 0 Å². The lowest BCUT2D eigenvalue weighted by Crippen LogP contribution is -2.67. The highest BCUT2D eigenvalue weighted by Crippen LogP contribution is 2.66. The van der Waals surface area contributed by atoms with Gasteiger partial charge in [0.2, 0.25) is 0 Å². The van der Waals surface area contributed by atoms with Crippen molar-refractivity contribution in [3.05, 3.63) is 24.2 Å². The summed E-state index contributed by atoms with van der Waals surface area (Å²) in [6.07, 6.45) is 4.17. The molecule has 0 aliphatic heterocycles. The zero-order valence-electron chi connectivity index (χ0n) is 17.8. The van der Waals surface area contributed by atoms with Gasteiger partial charge in [0.1, 0.15) is 12.1 Å². The van der Waals surface area contributed by atoms with Crippen molar-refractivity contribution in [1.29, 1.82) is 0 Å². The molecule has 3 N–H and O–H groups in total. The van der Waals surface area contributed by atoms with Crippen LogP contribution in [-0.2, 0) is 9.59 Å². The number of hydrogen-bond donors (Lipinski definition) is 3. The van der Waals surface area contributed by atoms with Crippen molar-refractivity contribution >= 4 is 12.1 Å². The van der Waals surface area contributed by atoms with E-state index in [2.05, 4.69) is 0 Å². The van der Waals surface area contributed by atoms with E-state index < -0.39 is 28.6 Å². The Morgan fingerprint density at radius 2 is 2.07 bits per heavy atom. The highest BCUT2D eigenvalue weighted by molar-refractivity contribution is 5.76. The van der Waals surface area contributed by atoms with Crippen LogP contribution in [0.15, 0.2) is 23.0 Å². The lowest BCUT2D eigenvalue weighted by atomic mass is 9.40. The van der Waals surface area contributed by atoms with Crippen molar-refractivity contribution in [2.75, 3.05) is 0 Å². The molecule has 0 spiro atoms. The topological polar surface area (TPSA) is 108 Å². The number of aliphatic hydroxyl groups is 3. The van der Waals surface area contributed by atoms with Gasteiger partial charge in [-0.05, 0) is 63.4 Å². The Hall–Kier alpha value is -1.50. The quantitative estimate of drug-likeness (QED) is 0.627. The van der Waals surface area contributed by atoms with E-state index in [1.54, 1.807) is 13.0 Å². The number of fused-ring (bicyclic) bond motifs is 1. The molecule has 29 heavy (non-hydrogen) atoms. The minimum absolute atomic E-state index is 0.0371. The number of furan rings is 1. The molecular formula is C23H34O6. The van der Waals surface area contributed by atoms with Gasteiger partial charge in [-0.15, -0.1) is 0 Å². The average molecular weight is 407 g/mol. The normalized spacial score (nSPS) is 43.4. The molecule has 0 unspecified atom stereocenters. The van der Waals surface area contributed by atoms with Crippen LogP contribution in [0.5, 0.6) is 0 Å². The summed E-state index contributed by atoms with van der Waals surface area (Å²) in [5.74, 6) is -0.442. The summed E-state index contributed by atoms with van der Waals surface area (Å²) in [4.78, 5) is 24.7. The highest BCUT2D eigenvalue weighted by atomic mass is 16.3. The van der Waals surface area contributed by atoms with E-state index in [4.69, 9.17) is 4.42 Å². The Morgan fingerprint density at radius 1 is 1.38 bits per heavy atom. The minimum Gasteiger partial charge on any atom is -0.472 e. The molecule has 6 heteroatoms. The average Bonchev–Trinajstić information content (AvgIpc) is 3.18. The van der Waals surface area contributed by atoms with Gasteiger partial charge in [0.05, 0.1) is 30.3 Å². The third-order valence-corrected chi connectivity index (χ3v) is 8.44. The van der Waals surface area contributed by atoms with Crippen LogP contribution in [0.3, 0.4) is 0 Å². The molecule has 2 aliphatic rings. The van der Waals surface area contributed by atoms with Crippen molar-refractivity contribution in [3.8, 4) is 0 Å². The van der Waals surface area contributed by atoms with Crippen molar-refractivity contribution in [3.63, 3.8) is 0 Å². The van der Waals surface area contributed by atoms with Crippen LogP contribution in [0.2, 0.25) is 0 Å². The van der Waals surface area contributed by atoms with Crippen molar-refractivity contribution in [2.45, 2.75) is 77.6 Å². The Balaban J connectivity index is 2.09. The van der Waals surface area contributed by atoms with Crippen molar-refractivity contribution < 1.29 is 29.3 Å². The molecule has 8 atom stereocenters. The SMILES string of the molecule is CC(=O)C[C@@H]1C[C@]2(C)[C@H](CC[C@@H](O)[C@]2(C)O)[C@@](C=O)(C[C@@H](O)c2ccoc2)[C@@H]1C. The van der Waals surface area contributed by atoms with Crippen LogP contribution in [0.1, 0.15) is 71.5 Å². The summed E-state index contributed by atoms with van der Waals surface area (Å²) in [6.45, 7) is 7.11. The third kappa shape index (κ3) is 3.39. The van der Waals surface area contributed by atoms with E-state index >= 15 is 0 Å². The molecule has 1 heterocycles. The molecule has 2 fully saturated rings. The molecule has 0 radical (unpaired) electrons. The Bertz CT molecular complexity index is 741. The zero-order chi connectivity index (χ0) is 21.6. The summed E-state index contributed by atoms with van der Waals surface area (Å²) in [6, 6.07) is 1.68. The molecule has 1 aromatic heterocycles. The molecule has 2 aliphatic carbocycles. The standard InChI is InChI=1S/C23H34O6/c1-14(25)9-17-10-21(3)19(5-6-20(27)22(21,4)28)23(13-24,15(17)2)11-18(26)16-7-8-29-12-16/h7-8,12-13,15,17-20,26-28H,5-6,9-11H2,1-4H3/t15-,17-,18-,19+,20-,21-,22+,23-/m1/s1. The molecule has 1 aromatic rings. The van der Waals surface area contributed by atoms with E-state index in [-0.39, 0.29) is 30.0 Å². The van der Waals surface area contributed by atoms with Gasteiger partial charge in [-0.1, -0.05) is 13.8 Å². The number of ketones is 1. The fourth-order valence-corrected chi connectivity index (χ4v) is 6.45. The van der Waals surface area contributed by atoms with Crippen molar-refractivity contribution in [1.82, 2.24) is 0 Å². The van der Waals surface area contributed by atoms with Gasteiger partial charge in [0.25, 0.3) is 0 Å². The van der Waals surface area contributed by atoms with Crippen LogP contribution >= 0.6 is 0 Å². The van der Waals surface area contributed by atoms with Crippen LogP contribution in [0, 0.1) is 28.6 Å². The van der Waals surface area contributed by atoms with Gasteiger partial charge in [0.15, 0.2) is 0 Å². The van der Waals surface area contributed by atoms with Crippen molar-refractivity contribution in [2.24, 2.45) is 28.6 Å². The van der Waals surface area contributed by atoms with Gasteiger partial charge in [-0.3, -0.25) is 0 Å². The van der Waals surface area contributed by atoms with Crippen LogP contribution in [-0.4, -0.2) is 39.1 Å². The molecule has 162 valence electrons. The summed E-state index contributed by atoms with van der Waals surface area (Å²) in [7, 11) is 0. The third-order valence-electron chi connectivity index (χ3n) is 8.44. The minimum atomic E-state index is -1.39. The highest BCUT2D eigenvalue weighted by Gasteiger charge is 2.66. The number of carbonyl (C=O) groups is 2. The number of Topliss-reactive ketones (excluding diaryl/α,β-unsaturated/α-hetero) is 1. The maximum Gasteiger partial charge on any atom is 0.130 e. The first-order valence-corrected chi connectivity index (χ1v) is 10.6. The molecule has 3 rings (SSSR count). The largest absolute Gasteiger partial charge is 0.472 e. The summed E-state index contributed by atoms with van der Waals surface area (Å²) in [5, 5.41) is 32.8. The summed E-state index contributed by atoms with van der Waals surface area (Å²) >= 11 is 0. The maximum absolute atomic E-state index is 12.8. The van der Waals surface area contributed by atoms with Gasteiger partial charge in [-0.2, -0.15) is 0 Å². The molecule has 0 saturated heterocycles. The van der Waals surface area contributed by atoms with Gasteiger partial charge >= 0.3 is 0 Å². The Labute approximate surface area is 172 Å². The molecule has 0 amide bonds. The van der Waals surface area contributed by atoms with Gasteiger partial charge in [0, 0.05) is 22.8 Å². The summed E-state index contributed by atoms with van der Waals surface area (Å²) < 4.78 is 5.10. The number of rotatable bonds is 6. The molecule has 0 bridgehead atoms. The zero-order valence-corrected chi connectivity index (χ0v) is 17.8. The summed E-state index contributed by atoms with van der Waals surface area (Å²) in [5.41, 5.74) is -2.46. The van der Waals surface area contributed by atoms with Crippen LogP contribution in [0.4, 0.5) is 0 Å². The number of hydrogen-bond acceptors (Lipinski definition) is 6. The second kappa shape index (κ2) is 7.64. The number of aliphatic hydroxyl groups excluding tert-OH is 2. The van der Waals surface area contributed by atoms with Gasteiger partial charge in [-0.25, -0.2) is 0 Å². The first-order valence-electron chi connectivity index (χ1n) is 10.6. The predicted molar refractivity (Wildman–Crippen MR) is 107 cm³/mol. The molecule has 2 saturated carbocycles. The second-order valence-corrected chi connectivity index (χ2v) is 9.88. The van der Waals surface area contributed by atoms with E-state index in [1.165, 1.54) is 19.5 Å². The van der Waals surface area contributed by atoms with E-state index in [1.807, 2.05) is 13.8 Å².